The second-order valence-corrected chi connectivity index (χ2v) is 7.84. The molecule has 0 saturated carbocycles. The lowest BCUT2D eigenvalue weighted by Crippen LogP contribution is -2.41. The highest BCUT2D eigenvalue weighted by Gasteiger charge is 2.50. The molecular formula is C18H13ClF4N2O3S. The van der Waals surface area contributed by atoms with Gasteiger partial charge in [0.2, 0.25) is 0 Å². The fraction of sp³-hybridized carbons (Fsp3) is 0.167. The second-order valence-electron chi connectivity index (χ2n) is 5.54. The van der Waals surface area contributed by atoms with Gasteiger partial charge in [0.05, 0.1) is 17.9 Å². The molecule has 11 heteroatoms. The number of sulfonamides is 1. The first kappa shape index (κ1) is 22.5. The van der Waals surface area contributed by atoms with Gasteiger partial charge >= 0.3 is 15.5 Å². The minimum absolute atomic E-state index is 0.00576. The summed E-state index contributed by atoms with van der Waals surface area (Å²) in [7, 11) is -5.78. The molecule has 0 amide bonds. The van der Waals surface area contributed by atoms with Crippen LogP contribution in [0.2, 0.25) is 5.02 Å². The Labute approximate surface area is 169 Å². The molecular weight excluding hydrogens is 436 g/mol. The van der Waals surface area contributed by atoms with E-state index in [1.54, 1.807) is 0 Å². The molecule has 5 nitrogen and oxygen atoms in total. The summed E-state index contributed by atoms with van der Waals surface area (Å²) in [5.74, 6) is 1.54. The lowest BCUT2D eigenvalue weighted by molar-refractivity contribution is -0.0437. The van der Waals surface area contributed by atoms with E-state index in [1.807, 2.05) is 5.92 Å². The van der Waals surface area contributed by atoms with Crippen LogP contribution in [0.1, 0.15) is 12.5 Å². The Hall–Kier alpha value is -2.77. The number of oxime groups is 1. The van der Waals surface area contributed by atoms with Gasteiger partial charge in [0.15, 0.2) is 5.75 Å². The van der Waals surface area contributed by atoms with Crippen LogP contribution in [0.5, 0.6) is 5.75 Å². The van der Waals surface area contributed by atoms with Gasteiger partial charge in [-0.05, 0) is 49.4 Å². The molecule has 0 aliphatic carbocycles. The van der Waals surface area contributed by atoms with Crippen molar-refractivity contribution in [2.24, 2.45) is 5.16 Å². The molecule has 0 fully saturated rings. The van der Waals surface area contributed by atoms with Crippen LogP contribution in [0, 0.1) is 18.2 Å². The SMILES string of the molecule is C#CCN(c1ccc(Cl)cc1/C(C)=N/Oc1ccc(F)cc1)S(=O)(=O)C(F)(F)F. The molecule has 2 aromatic rings. The molecule has 0 N–H and O–H groups in total. The van der Waals surface area contributed by atoms with E-state index in [2.05, 4.69) is 5.16 Å². The minimum Gasteiger partial charge on any atom is -0.357 e. The summed E-state index contributed by atoms with van der Waals surface area (Å²) >= 11 is 5.91. The van der Waals surface area contributed by atoms with Gasteiger partial charge in [-0.3, -0.25) is 4.31 Å². The number of halogens is 5. The summed E-state index contributed by atoms with van der Waals surface area (Å²) in [6.45, 7) is 0.496. The summed E-state index contributed by atoms with van der Waals surface area (Å²) in [6, 6.07) is 8.32. The van der Waals surface area contributed by atoms with Crippen molar-refractivity contribution in [3.8, 4) is 18.1 Å². The van der Waals surface area contributed by atoms with E-state index in [0.717, 1.165) is 18.2 Å². The van der Waals surface area contributed by atoms with Gasteiger partial charge in [-0.1, -0.05) is 22.7 Å². The van der Waals surface area contributed by atoms with Gasteiger partial charge in [-0.15, -0.1) is 6.42 Å². The van der Waals surface area contributed by atoms with Gasteiger partial charge in [0, 0.05) is 10.6 Å². The van der Waals surface area contributed by atoms with Crippen molar-refractivity contribution >= 4 is 33.0 Å². The fourth-order valence-corrected chi connectivity index (χ4v) is 3.27. The predicted octanol–water partition coefficient (Wildman–Crippen LogP) is 4.57. The highest BCUT2D eigenvalue weighted by Crippen LogP contribution is 2.34. The van der Waals surface area contributed by atoms with Crippen LogP contribution in [0.25, 0.3) is 0 Å². The summed E-state index contributed by atoms with van der Waals surface area (Å²) in [5, 5.41) is 3.88. The standard InChI is InChI=1S/C18H13ClF4N2O3S/c1-3-10-25(29(26,27)18(21,22)23)17-9-4-13(19)11-16(17)12(2)24-28-15-7-5-14(20)6-8-15/h1,4-9,11H,10H2,2H3/b24-12+. The summed E-state index contributed by atoms with van der Waals surface area (Å²) in [4.78, 5) is 5.11. The number of terminal acetylenes is 1. The maximum Gasteiger partial charge on any atom is 0.516 e. The molecule has 0 aromatic heterocycles. The van der Waals surface area contributed by atoms with Crippen LogP contribution >= 0.6 is 11.6 Å². The van der Waals surface area contributed by atoms with Gasteiger partial charge in [-0.2, -0.15) is 21.6 Å². The molecule has 0 radical (unpaired) electrons. The van der Waals surface area contributed by atoms with Gasteiger partial charge < -0.3 is 4.84 Å². The number of rotatable bonds is 6. The third-order valence-electron chi connectivity index (χ3n) is 3.54. The summed E-state index contributed by atoms with van der Waals surface area (Å²) in [5.41, 5.74) is -6.00. The lowest BCUT2D eigenvalue weighted by atomic mass is 10.1. The first-order chi connectivity index (χ1) is 13.5. The van der Waals surface area contributed by atoms with Crippen molar-refractivity contribution < 1.29 is 30.8 Å². The predicted molar refractivity (Wildman–Crippen MR) is 102 cm³/mol. The average Bonchev–Trinajstić information content (AvgIpc) is 2.64. The second kappa shape index (κ2) is 8.71. The Morgan fingerprint density at radius 2 is 1.86 bits per heavy atom. The third kappa shape index (κ3) is 5.19. The Morgan fingerprint density at radius 3 is 2.41 bits per heavy atom. The van der Waals surface area contributed by atoms with Crippen molar-refractivity contribution in [3.05, 3.63) is 58.9 Å². The number of hydrogen-bond acceptors (Lipinski definition) is 4. The van der Waals surface area contributed by atoms with Gasteiger partial charge in [-0.25, -0.2) is 4.39 Å². The molecule has 0 atom stereocenters. The number of hydrogen-bond donors (Lipinski definition) is 0. The fourth-order valence-electron chi connectivity index (χ4n) is 2.19. The molecule has 154 valence electrons. The van der Waals surface area contributed by atoms with E-state index in [0.29, 0.717) is 0 Å². The van der Waals surface area contributed by atoms with Gasteiger partial charge in [0.1, 0.15) is 5.82 Å². The molecule has 2 aromatic carbocycles. The largest absolute Gasteiger partial charge is 0.516 e. The minimum atomic E-state index is -5.78. The highest BCUT2D eigenvalue weighted by molar-refractivity contribution is 7.93. The molecule has 0 bridgehead atoms. The van der Waals surface area contributed by atoms with Crippen LogP contribution in [-0.2, 0) is 10.0 Å². The normalized spacial score (nSPS) is 12.4. The first-order valence-electron chi connectivity index (χ1n) is 7.77. The van der Waals surface area contributed by atoms with E-state index in [-0.39, 0.29) is 32.0 Å². The highest BCUT2D eigenvalue weighted by atomic mass is 35.5. The van der Waals surface area contributed by atoms with E-state index in [9.17, 15) is 26.0 Å². The van der Waals surface area contributed by atoms with E-state index < -0.39 is 27.9 Å². The van der Waals surface area contributed by atoms with Crippen LogP contribution in [0.4, 0.5) is 23.2 Å². The zero-order valence-electron chi connectivity index (χ0n) is 14.7. The quantitative estimate of drug-likeness (QED) is 0.281. The van der Waals surface area contributed by atoms with Crippen molar-refractivity contribution in [2.75, 3.05) is 10.8 Å². The molecule has 0 spiro atoms. The number of anilines is 1. The number of benzene rings is 2. The molecule has 0 saturated heterocycles. The van der Waals surface area contributed by atoms with Crippen molar-refractivity contribution in [3.63, 3.8) is 0 Å². The van der Waals surface area contributed by atoms with Crippen LogP contribution < -0.4 is 9.14 Å². The molecule has 0 aliphatic heterocycles. The Bertz CT molecular complexity index is 1060. The van der Waals surface area contributed by atoms with Crippen LogP contribution in [0.15, 0.2) is 47.6 Å². The first-order valence-corrected chi connectivity index (χ1v) is 9.58. The lowest BCUT2D eigenvalue weighted by Gasteiger charge is -2.25. The maximum absolute atomic E-state index is 13.1. The van der Waals surface area contributed by atoms with Crippen LogP contribution in [0.3, 0.4) is 0 Å². The summed E-state index contributed by atoms with van der Waals surface area (Å²) < 4.78 is 76.2. The van der Waals surface area contributed by atoms with Crippen LogP contribution in [-0.4, -0.2) is 26.2 Å². The van der Waals surface area contributed by atoms with E-state index >= 15 is 0 Å². The van der Waals surface area contributed by atoms with Crippen molar-refractivity contribution in [2.45, 2.75) is 12.4 Å². The average molecular weight is 449 g/mol. The van der Waals surface area contributed by atoms with Crippen molar-refractivity contribution in [1.82, 2.24) is 0 Å². The summed E-state index contributed by atoms with van der Waals surface area (Å²) in [6.07, 6.45) is 5.07. The Kier molecular flexibility index (Phi) is 6.77. The third-order valence-corrected chi connectivity index (χ3v) is 5.26. The van der Waals surface area contributed by atoms with E-state index in [4.69, 9.17) is 22.9 Å². The monoisotopic (exact) mass is 448 g/mol. The van der Waals surface area contributed by atoms with Crippen molar-refractivity contribution in [1.29, 1.82) is 0 Å². The Balaban J connectivity index is 2.53. The number of alkyl halides is 3. The Morgan fingerprint density at radius 1 is 1.24 bits per heavy atom. The molecule has 2 rings (SSSR count). The smallest absolute Gasteiger partial charge is 0.357 e. The maximum atomic E-state index is 13.1. The zero-order chi connectivity index (χ0) is 21.8. The molecule has 0 unspecified atom stereocenters. The molecule has 29 heavy (non-hydrogen) atoms. The number of nitrogens with zero attached hydrogens (tertiary/aromatic N) is 2. The topological polar surface area (TPSA) is 59.0 Å². The van der Waals surface area contributed by atoms with E-state index in [1.165, 1.54) is 31.2 Å². The molecule has 0 aliphatic rings. The van der Waals surface area contributed by atoms with Gasteiger partial charge in [0.25, 0.3) is 0 Å². The molecule has 0 heterocycles. The zero-order valence-corrected chi connectivity index (χ0v) is 16.3.